The minimum absolute atomic E-state index is 0.729. The van der Waals surface area contributed by atoms with Crippen LogP contribution in [0.1, 0.15) is 36.6 Å². The number of fused-ring (bicyclic) bond motifs is 1. The maximum atomic E-state index is 4.53. The number of nitrogens with one attached hydrogen (secondary N) is 1. The number of pyridine rings is 1. The molecule has 3 aromatic rings. The van der Waals surface area contributed by atoms with Gasteiger partial charge in [-0.25, -0.2) is 9.97 Å². The second kappa shape index (κ2) is 6.77. The Balaban J connectivity index is 1.95. The van der Waals surface area contributed by atoms with Crippen molar-refractivity contribution in [2.45, 2.75) is 46.7 Å². The molecule has 0 atom stereocenters. The number of unbranched alkanes of at least 4 members (excludes halogenated alkanes) is 1. The van der Waals surface area contributed by atoms with Gasteiger partial charge in [0.2, 0.25) is 0 Å². The van der Waals surface area contributed by atoms with Crippen molar-refractivity contribution in [2.75, 3.05) is 5.32 Å². The number of hydrogen-bond acceptors (Lipinski definition) is 4. The first-order valence-electron chi connectivity index (χ1n) is 8.15. The SMILES string of the molecule is CCCCn1c(C)c(C)c2c(NCc3ccncc3)ncnc21. The summed E-state index contributed by atoms with van der Waals surface area (Å²) in [5.41, 5.74) is 4.75. The molecule has 0 bridgehead atoms. The van der Waals surface area contributed by atoms with Crippen molar-refractivity contribution in [3.8, 4) is 0 Å². The average molecular weight is 309 g/mol. The van der Waals surface area contributed by atoms with Gasteiger partial charge in [-0.05, 0) is 43.5 Å². The van der Waals surface area contributed by atoms with E-state index in [9.17, 15) is 0 Å². The number of anilines is 1. The van der Waals surface area contributed by atoms with E-state index in [0.717, 1.165) is 36.4 Å². The van der Waals surface area contributed by atoms with E-state index in [0.29, 0.717) is 0 Å². The van der Waals surface area contributed by atoms with Crippen LogP contribution in [0.15, 0.2) is 30.9 Å². The summed E-state index contributed by atoms with van der Waals surface area (Å²) in [6.45, 7) is 8.27. The molecule has 3 aromatic heterocycles. The molecule has 0 aliphatic heterocycles. The van der Waals surface area contributed by atoms with Crippen LogP contribution < -0.4 is 5.32 Å². The van der Waals surface area contributed by atoms with Crippen molar-refractivity contribution in [3.05, 3.63) is 47.7 Å². The first-order valence-corrected chi connectivity index (χ1v) is 8.15. The van der Waals surface area contributed by atoms with Gasteiger partial charge in [0, 0.05) is 31.2 Å². The molecular formula is C18H23N5. The summed E-state index contributed by atoms with van der Waals surface area (Å²) < 4.78 is 2.31. The van der Waals surface area contributed by atoms with Gasteiger partial charge in [0.1, 0.15) is 17.8 Å². The van der Waals surface area contributed by atoms with Gasteiger partial charge in [-0.2, -0.15) is 0 Å². The Morgan fingerprint density at radius 1 is 1.13 bits per heavy atom. The highest BCUT2D eigenvalue weighted by Crippen LogP contribution is 2.29. The van der Waals surface area contributed by atoms with Crippen LogP contribution in [0.4, 0.5) is 5.82 Å². The third-order valence-electron chi connectivity index (χ3n) is 4.35. The number of aromatic nitrogens is 4. The van der Waals surface area contributed by atoms with Crippen LogP contribution in [-0.2, 0) is 13.1 Å². The molecule has 5 heteroatoms. The normalized spacial score (nSPS) is 11.1. The molecule has 5 nitrogen and oxygen atoms in total. The third-order valence-corrected chi connectivity index (χ3v) is 4.35. The lowest BCUT2D eigenvalue weighted by molar-refractivity contribution is 0.632. The summed E-state index contributed by atoms with van der Waals surface area (Å²) in [6, 6.07) is 4.02. The van der Waals surface area contributed by atoms with Crippen LogP contribution >= 0.6 is 0 Å². The highest BCUT2D eigenvalue weighted by molar-refractivity contribution is 5.91. The van der Waals surface area contributed by atoms with E-state index in [1.807, 2.05) is 24.5 Å². The van der Waals surface area contributed by atoms with Gasteiger partial charge in [0.25, 0.3) is 0 Å². The average Bonchev–Trinajstić information content (AvgIpc) is 2.84. The van der Waals surface area contributed by atoms with Crippen molar-refractivity contribution in [2.24, 2.45) is 0 Å². The second-order valence-electron chi connectivity index (χ2n) is 5.85. The molecule has 0 unspecified atom stereocenters. The summed E-state index contributed by atoms with van der Waals surface area (Å²) in [5, 5.41) is 4.58. The first-order chi connectivity index (χ1) is 11.2. The summed E-state index contributed by atoms with van der Waals surface area (Å²) >= 11 is 0. The standard InChI is InChI=1S/C18H23N5/c1-4-5-10-23-14(3)13(2)16-17(21-12-22-18(16)23)20-11-15-6-8-19-9-7-15/h6-9,12H,4-5,10-11H2,1-3H3,(H,20,21,22). The molecule has 3 rings (SSSR count). The van der Waals surface area contributed by atoms with Crippen LogP contribution in [-0.4, -0.2) is 19.5 Å². The number of rotatable bonds is 6. The fraction of sp³-hybridized carbons (Fsp3) is 0.389. The van der Waals surface area contributed by atoms with E-state index in [1.54, 1.807) is 6.33 Å². The molecule has 0 saturated carbocycles. The number of aryl methyl sites for hydroxylation is 2. The highest BCUT2D eigenvalue weighted by atomic mass is 15.1. The molecule has 0 saturated heterocycles. The lowest BCUT2D eigenvalue weighted by atomic mass is 10.2. The minimum Gasteiger partial charge on any atom is -0.365 e. The van der Waals surface area contributed by atoms with Crippen LogP contribution in [0, 0.1) is 13.8 Å². The Labute approximate surface area is 136 Å². The summed E-state index contributed by atoms with van der Waals surface area (Å²) in [6.07, 6.45) is 7.61. The van der Waals surface area contributed by atoms with Gasteiger partial charge in [-0.1, -0.05) is 13.3 Å². The van der Waals surface area contributed by atoms with Crippen LogP contribution in [0.2, 0.25) is 0 Å². The van der Waals surface area contributed by atoms with E-state index in [4.69, 9.17) is 0 Å². The van der Waals surface area contributed by atoms with Crippen LogP contribution in [0.3, 0.4) is 0 Å². The van der Waals surface area contributed by atoms with Crippen molar-refractivity contribution in [1.29, 1.82) is 0 Å². The Hall–Kier alpha value is -2.43. The maximum Gasteiger partial charge on any atom is 0.145 e. The van der Waals surface area contributed by atoms with E-state index >= 15 is 0 Å². The van der Waals surface area contributed by atoms with Crippen molar-refractivity contribution >= 4 is 16.9 Å². The topological polar surface area (TPSA) is 55.6 Å². The van der Waals surface area contributed by atoms with Crippen molar-refractivity contribution in [1.82, 2.24) is 19.5 Å². The van der Waals surface area contributed by atoms with Gasteiger partial charge in [-0.15, -0.1) is 0 Å². The van der Waals surface area contributed by atoms with Crippen LogP contribution in [0.5, 0.6) is 0 Å². The predicted octanol–water partition coefficient (Wildman–Crippen LogP) is 3.86. The minimum atomic E-state index is 0.729. The molecule has 0 amide bonds. The van der Waals surface area contributed by atoms with Gasteiger partial charge in [0.15, 0.2) is 0 Å². The lowest BCUT2D eigenvalue weighted by Gasteiger charge is -2.08. The van der Waals surface area contributed by atoms with Crippen molar-refractivity contribution < 1.29 is 0 Å². The Kier molecular flexibility index (Phi) is 4.55. The quantitative estimate of drug-likeness (QED) is 0.751. The van der Waals surface area contributed by atoms with Crippen LogP contribution in [0.25, 0.3) is 11.0 Å². The largest absolute Gasteiger partial charge is 0.365 e. The molecule has 1 N–H and O–H groups in total. The molecule has 0 aromatic carbocycles. The predicted molar refractivity (Wildman–Crippen MR) is 93.5 cm³/mol. The summed E-state index contributed by atoms with van der Waals surface area (Å²) in [7, 11) is 0. The van der Waals surface area contributed by atoms with E-state index in [-0.39, 0.29) is 0 Å². The van der Waals surface area contributed by atoms with Gasteiger partial charge < -0.3 is 9.88 Å². The molecule has 0 spiro atoms. The molecular weight excluding hydrogens is 286 g/mol. The smallest absolute Gasteiger partial charge is 0.145 e. The zero-order chi connectivity index (χ0) is 16.2. The Morgan fingerprint density at radius 2 is 1.91 bits per heavy atom. The van der Waals surface area contributed by atoms with E-state index < -0.39 is 0 Å². The zero-order valence-corrected chi connectivity index (χ0v) is 14.0. The van der Waals surface area contributed by atoms with Gasteiger partial charge in [-0.3, -0.25) is 4.98 Å². The van der Waals surface area contributed by atoms with E-state index in [2.05, 4.69) is 45.6 Å². The first kappa shape index (κ1) is 15.5. The van der Waals surface area contributed by atoms with Gasteiger partial charge >= 0.3 is 0 Å². The summed E-state index contributed by atoms with van der Waals surface area (Å²) in [5.74, 6) is 0.905. The lowest BCUT2D eigenvalue weighted by Crippen LogP contribution is -2.04. The molecule has 0 radical (unpaired) electrons. The molecule has 0 aliphatic rings. The zero-order valence-electron chi connectivity index (χ0n) is 14.0. The molecule has 23 heavy (non-hydrogen) atoms. The Morgan fingerprint density at radius 3 is 2.65 bits per heavy atom. The second-order valence-corrected chi connectivity index (χ2v) is 5.85. The summed E-state index contributed by atoms with van der Waals surface area (Å²) in [4.78, 5) is 13.1. The Bertz CT molecular complexity index is 792. The number of hydrogen-bond donors (Lipinski definition) is 1. The maximum absolute atomic E-state index is 4.53. The third kappa shape index (κ3) is 3.04. The molecule has 3 heterocycles. The molecule has 0 fully saturated rings. The van der Waals surface area contributed by atoms with Crippen molar-refractivity contribution in [3.63, 3.8) is 0 Å². The van der Waals surface area contributed by atoms with E-state index in [1.165, 1.54) is 23.2 Å². The fourth-order valence-corrected chi connectivity index (χ4v) is 2.88. The highest BCUT2D eigenvalue weighted by Gasteiger charge is 2.15. The fourth-order valence-electron chi connectivity index (χ4n) is 2.88. The monoisotopic (exact) mass is 309 g/mol. The molecule has 0 aliphatic carbocycles. The van der Waals surface area contributed by atoms with Gasteiger partial charge in [0.05, 0.1) is 5.39 Å². The number of nitrogens with zero attached hydrogens (tertiary/aromatic N) is 4. The molecule has 120 valence electrons.